The van der Waals surface area contributed by atoms with Gasteiger partial charge in [-0.1, -0.05) is 24.3 Å². The maximum atomic E-state index is 5.83. The molecule has 156 valence electrons. The molecule has 3 rings (SSSR count). The van der Waals surface area contributed by atoms with Gasteiger partial charge in [0.15, 0.2) is 5.11 Å². The summed E-state index contributed by atoms with van der Waals surface area (Å²) in [6, 6.07) is 16.8. The third-order valence-corrected chi connectivity index (χ3v) is 5.88. The maximum Gasteiger partial charge on any atom is 0.169 e. The molecule has 1 saturated heterocycles. The predicted molar refractivity (Wildman–Crippen MR) is 121 cm³/mol. The maximum absolute atomic E-state index is 5.83. The van der Waals surface area contributed by atoms with E-state index in [1.165, 1.54) is 11.1 Å². The van der Waals surface area contributed by atoms with Crippen LogP contribution >= 0.6 is 12.2 Å². The van der Waals surface area contributed by atoms with Gasteiger partial charge in [0.2, 0.25) is 0 Å². The van der Waals surface area contributed by atoms with E-state index in [1.54, 1.807) is 14.2 Å². The number of thiocarbonyl (C=S) groups is 1. The summed E-state index contributed by atoms with van der Waals surface area (Å²) in [5, 5.41) is 4.28. The molecule has 0 bridgehead atoms. The van der Waals surface area contributed by atoms with E-state index in [9.17, 15) is 0 Å². The summed E-state index contributed by atoms with van der Waals surface area (Å²) < 4.78 is 10.5. The highest BCUT2D eigenvalue weighted by Gasteiger charge is 2.25. The Balaban J connectivity index is 1.67. The minimum atomic E-state index is 0.448. The third-order valence-electron chi connectivity index (χ3n) is 5.50. The lowest BCUT2D eigenvalue weighted by Gasteiger charge is -2.39. The molecule has 29 heavy (non-hydrogen) atoms. The van der Waals surface area contributed by atoms with Crippen molar-refractivity contribution in [3.63, 3.8) is 0 Å². The van der Waals surface area contributed by atoms with Crippen LogP contribution in [0.15, 0.2) is 48.5 Å². The van der Waals surface area contributed by atoms with Crippen molar-refractivity contribution in [2.24, 2.45) is 0 Å². The van der Waals surface area contributed by atoms with Crippen molar-refractivity contribution in [1.82, 2.24) is 15.1 Å². The van der Waals surface area contributed by atoms with Gasteiger partial charge in [0.1, 0.15) is 11.5 Å². The Kier molecular flexibility index (Phi) is 7.72. The first-order valence-corrected chi connectivity index (χ1v) is 10.5. The number of hydrogen-bond donors (Lipinski definition) is 1. The van der Waals surface area contributed by atoms with Crippen LogP contribution in [-0.4, -0.2) is 55.3 Å². The van der Waals surface area contributed by atoms with Crippen LogP contribution < -0.4 is 14.8 Å². The van der Waals surface area contributed by atoms with E-state index in [0.717, 1.165) is 49.1 Å². The van der Waals surface area contributed by atoms with E-state index in [4.69, 9.17) is 21.7 Å². The summed E-state index contributed by atoms with van der Waals surface area (Å²) >= 11 is 5.83. The fourth-order valence-corrected chi connectivity index (χ4v) is 3.91. The first-order valence-electron chi connectivity index (χ1n) is 10.1. The number of likely N-dealkylation sites (tertiary alicyclic amines) is 1. The zero-order chi connectivity index (χ0) is 20.6. The molecule has 5 nitrogen and oxygen atoms in total. The highest BCUT2D eigenvalue weighted by Crippen LogP contribution is 2.20. The summed E-state index contributed by atoms with van der Waals surface area (Å²) in [5.41, 5.74) is 2.42. The number of piperidine rings is 1. The predicted octanol–water partition coefficient (Wildman–Crippen LogP) is 3.67. The van der Waals surface area contributed by atoms with Gasteiger partial charge in [-0.2, -0.15) is 0 Å². The molecule has 1 fully saturated rings. The first kappa shape index (κ1) is 21.4. The van der Waals surface area contributed by atoms with E-state index >= 15 is 0 Å². The normalized spacial score (nSPS) is 15.0. The second kappa shape index (κ2) is 10.5. The molecule has 1 heterocycles. The van der Waals surface area contributed by atoms with Crippen molar-refractivity contribution >= 4 is 17.3 Å². The van der Waals surface area contributed by atoms with Crippen LogP contribution in [0.4, 0.5) is 0 Å². The molecule has 1 aliphatic rings. The summed E-state index contributed by atoms with van der Waals surface area (Å²) in [6.45, 7) is 3.71. The number of nitrogens with zero attached hydrogens (tertiary/aromatic N) is 2. The van der Waals surface area contributed by atoms with Crippen LogP contribution in [0.3, 0.4) is 0 Å². The number of rotatable bonds is 7. The zero-order valence-electron chi connectivity index (χ0n) is 17.6. The molecule has 0 amide bonds. The van der Waals surface area contributed by atoms with E-state index < -0.39 is 0 Å². The van der Waals surface area contributed by atoms with Crippen molar-refractivity contribution in [1.29, 1.82) is 0 Å². The standard InChI is InChI=1S/C23H31N3O2S/c1-25-14-12-20(13-15-25)26(17-19-6-10-22(28-3)11-7-19)23(29)24-16-18-4-8-21(27-2)9-5-18/h4-11,20H,12-17H2,1-3H3,(H,24,29). The van der Waals surface area contributed by atoms with Crippen molar-refractivity contribution in [2.45, 2.75) is 32.0 Å². The van der Waals surface area contributed by atoms with Gasteiger partial charge >= 0.3 is 0 Å². The summed E-state index contributed by atoms with van der Waals surface area (Å²) in [6.07, 6.45) is 2.24. The Morgan fingerprint density at radius 3 is 2.00 bits per heavy atom. The molecule has 1 aliphatic heterocycles. The van der Waals surface area contributed by atoms with Crippen LogP contribution in [0.5, 0.6) is 11.5 Å². The second-order valence-corrected chi connectivity index (χ2v) is 7.90. The molecule has 2 aromatic carbocycles. The number of methoxy groups -OCH3 is 2. The van der Waals surface area contributed by atoms with Crippen LogP contribution in [0.1, 0.15) is 24.0 Å². The van der Waals surface area contributed by atoms with Gasteiger partial charge in [-0.3, -0.25) is 0 Å². The van der Waals surface area contributed by atoms with Crippen LogP contribution in [0.2, 0.25) is 0 Å². The summed E-state index contributed by atoms with van der Waals surface area (Å²) in [5.74, 6) is 1.74. The topological polar surface area (TPSA) is 37.0 Å². The molecule has 0 atom stereocenters. The fraction of sp³-hybridized carbons (Fsp3) is 0.435. The monoisotopic (exact) mass is 413 g/mol. The molecular weight excluding hydrogens is 382 g/mol. The largest absolute Gasteiger partial charge is 0.497 e. The molecule has 6 heteroatoms. The van der Waals surface area contributed by atoms with Gasteiger partial charge in [-0.25, -0.2) is 0 Å². The second-order valence-electron chi connectivity index (χ2n) is 7.52. The number of nitrogens with one attached hydrogen (secondary N) is 1. The van der Waals surface area contributed by atoms with E-state index in [1.807, 2.05) is 24.3 Å². The number of ether oxygens (including phenoxy) is 2. The molecule has 2 aromatic rings. The first-order chi connectivity index (χ1) is 14.1. The Morgan fingerprint density at radius 1 is 0.966 bits per heavy atom. The summed E-state index contributed by atoms with van der Waals surface area (Å²) in [4.78, 5) is 4.74. The lowest BCUT2D eigenvalue weighted by Crippen LogP contribution is -2.49. The van der Waals surface area contributed by atoms with Gasteiger partial charge < -0.3 is 24.6 Å². The average Bonchev–Trinajstić information content (AvgIpc) is 2.77. The van der Waals surface area contributed by atoms with Crippen molar-refractivity contribution in [2.75, 3.05) is 34.4 Å². The van der Waals surface area contributed by atoms with Crippen LogP contribution in [-0.2, 0) is 13.1 Å². The Hall–Kier alpha value is -2.31. The quantitative estimate of drug-likeness (QED) is 0.698. The minimum Gasteiger partial charge on any atom is -0.497 e. The molecular formula is C23H31N3O2S. The smallest absolute Gasteiger partial charge is 0.169 e. The highest BCUT2D eigenvalue weighted by molar-refractivity contribution is 7.80. The molecule has 0 radical (unpaired) electrons. The number of hydrogen-bond acceptors (Lipinski definition) is 4. The van der Waals surface area contributed by atoms with Gasteiger partial charge in [-0.05, 0) is 80.6 Å². The fourth-order valence-electron chi connectivity index (χ4n) is 3.62. The molecule has 0 aromatic heterocycles. The van der Waals surface area contributed by atoms with Crippen LogP contribution in [0, 0.1) is 0 Å². The molecule has 0 saturated carbocycles. The average molecular weight is 414 g/mol. The Bertz CT molecular complexity index is 772. The third kappa shape index (κ3) is 6.08. The number of benzene rings is 2. The van der Waals surface area contributed by atoms with Gasteiger partial charge in [0.05, 0.1) is 14.2 Å². The Labute approximate surface area is 179 Å². The van der Waals surface area contributed by atoms with Gasteiger partial charge in [0, 0.05) is 19.1 Å². The van der Waals surface area contributed by atoms with Gasteiger partial charge in [-0.15, -0.1) is 0 Å². The van der Waals surface area contributed by atoms with Crippen molar-refractivity contribution in [3.05, 3.63) is 59.7 Å². The lowest BCUT2D eigenvalue weighted by atomic mass is 10.0. The SMILES string of the molecule is COc1ccc(CNC(=S)N(Cc2ccc(OC)cc2)C2CCN(C)CC2)cc1. The molecule has 0 spiro atoms. The van der Waals surface area contributed by atoms with Gasteiger partial charge in [0.25, 0.3) is 0 Å². The summed E-state index contributed by atoms with van der Waals surface area (Å²) in [7, 11) is 5.56. The Morgan fingerprint density at radius 2 is 1.48 bits per heavy atom. The van der Waals surface area contributed by atoms with Crippen LogP contribution in [0.25, 0.3) is 0 Å². The molecule has 0 aliphatic carbocycles. The lowest BCUT2D eigenvalue weighted by molar-refractivity contribution is 0.171. The van der Waals surface area contributed by atoms with E-state index in [0.29, 0.717) is 12.6 Å². The van der Waals surface area contributed by atoms with E-state index in [2.05, 4.69) is 46.4 Å². The highest BCUT2D eigenvalue weighted by atomic mass is 32.1. The van der Waals surface area contributed by atoms with E-state index in [-0.39, 0.29) is 0 Å². The molecule has 0 unspecified atom stereocenters. The van der Waals surface area contributed by atoms with Crippen molar-refractivity contribution in [3.8, 4) is 11.5 Å². The molecule has 1 N–H and O–H groups in total. The zero-order valence-corrected chi connectivity index (χ0v) is 18.4. The van der Waals surface area contributed by atoms with Crippen molar-refractivity contribution < 1.29 is 9.47 Å². The minimum absolute atomic E-state index is 0.448.